The molecule has 0 atom stereocenters. The van der Waals surface area contributed by atoms with E-state index in [2.05, 4.69) is 9.80 Å². The molecule has 20 heavy (non-hydrogen) atoms. The monoisotopic (exact) mass is 274 g/mol. The predicted octanol–water partition coefficient (Wildman–Crippen LogP) is 2.18. The maximum atomic E-state index is 11.5. The third kappa shape index (κ3) is 2.80. The summed E-state index contributed by atoms with van der Waals surface area (Å²) in [6.45, 7) is 7.81. The molecule has 1 saturated heterocycles. The molecule has 4 heteroatoms. The van der Waals surface area contributed by atoms with E-state index >= 15 is 0 Å². The van der Waals surface area contributed by atoms with Crippen molar-refractivity contribution < 1.29 is 9.53 Å². The van der Waals surface area contributed by atoms with Crippen molar-refractivity contribution in [3.63, 3.8) is 0 Å². The molecule has 1 fully saturated rings. The average Bonchev–Trinajstić information content (AvgIpc) is 2.97. The molecule has 0 aliphatic carbocycles. The molecule has 3 rings (SSSR count). The molecule has 0 aromatic heterocycles. The van der Waals surface area contributed by atoms with Crippen LogP contribution in [0.15, 0.2) is 18.2 Å². The number of anilines is 1. The summed E-state index contributed by atoms with van der Waals surface area (Å²) in [5.41, 5.74) is 1.84. The first-order valence-electron chi connectivity index (χ1n) is 7.49. The molecule has 0 N–H and O–H groups in total. The molecule has 2 heterocycles. The Labute approximate surface area is 120 Å². The maximum absolute atomic E-state index is 11.5. The smallest absolute Gasteiger partial charge is 0.159 e. The van der Waals surface area contributed by atoms with Gasteiger partial charge in [0.2, 0.25) is 0 Å². The van der Waals surface area contributed by atoms with Crippen LogP contribution in [-0.4, -0.2) is 50.0 Å². The third-order valence-electron chi connectivity index (χ3n) is 4.21. The van der Waals surface area contributed by atoms with E-state index in [1.54, 1.807) is 6.92 Å². The highest BCUT2D eigenvalue weighted by atomic mass is 16.5. The summed E-state index contributed by atoms with van der Waals surface area (Å²) in [6, 6.07) is 5.75. The van der Waals surface area contributed by atoms with E-state index in [4.69, 9.17) is 4.74 Å². The lowest BCUT2D eigenvalue weighted by Crippen LogP contribution is -2.38. The Balaban J connectivity index is 1.73. The zero-order valence-electron chi connectivity index (χ0n) is 12.1. The Hall–Kier alpha value is -1.55. The number of benzene rings is 1. The molecule has 0 bridgehead atoms. The van der Waals surface area contributed by atoms with Gasteiger partial charge in [0, 0.05) is 18.7 Å². The summed E-state index contributed by atoms with van der Waals surface area (Å²) in [4.78, 5) is 16.4. The molecule has 0 amide bonds. The van der Waals surface area contributed by atoms with Gasteiger partial charge < -0.3 is 14.5 Å². The lowest BCUT2D eigenvalue weighted by Gasteiger charge is -2.32. The number of Topliss-reactive ketones (excluding diaryl/α,β-unsaturated/α-hetero) is 1. The van der Waals surface area contributed by atoms with Crippen molar-refractivity contribution in [2.45, 2.75) is 19.8 Å². The highest BCUT2D eigenvalue weighted by Crippen LogP contribution is 2.32. The largest absolute Gasteiger partial charge is 0.490 e. The second kappa shape index (κ2) is 5.83. The number of carbonyl (C=O) groups is 1. The molecule has 0 spiro atoms. The molecule has 108 valence electrons. The number of fused-ring (bicyclic) bond motifs is 1. The van der Waals surface area contributed by atoms with Gasteiger partial charge in [-0.3, -0.25) is 4.79 Å². The van der Waals surface area contributed by atoms with E-state index < -0.39 is 0 Å². The highest BCUT2D eigenvalue weighted by Gasteiger charge is 2.20. The molecule has 2 aliphatic heterocycles. The summed E-state index contributed by atoms with van der Waals surface area (Å²) in [6.07, 6.45) is 2.66. The van der Waals surface area contributed by atoms with Crippen LogP contribution in [-0.2, 0) is 0 Å². The zero-order valence-corrected chi connectivity index (χ0v) is 12.1. The van der Waals surface area contributed by atoms with Crippen LogP contribution in [0.5, 0.6) is 5.75 Å². The first-order chi connectivity index (χ1) is 9.74. The second-order valence-electron chi connectivity index (χ2n) is 5.62. The predicted molar refractivity (Wildman–Crippen MR) is 79.8 cm³/mol. The van der Waals surface area contributed by atoms with Crippen molar-refractivity contribution in [2.24, 2.45) is 0 Å². The van der Waals surface area contributed by atoms with Crippen LogP contribution in [0, 0.1) is 0 Å². The van der Waals surface area contributed by atoms with Gasteiger partial charge in [-0.1, -0.05) is 0 Å². The number of carbonyl (C=O) groups excluding carboxylic acids is 1. The SMILES string of the molecule is CC(=O)c1ccc2c(c1)N(CCN1CCCC1)CCO2. The molecule has 0 saturated carbocycles. The van der Waals surface area contributed by atoms with Crippen molar-refractivity contribution in [2.75, 3.05) is 44.2 Å². The van der Waals surface area contributed by atoms with Crippen molar-refractivity contribution in [1.29, 1.82) is 0 Å². The van der Waals surface area contributed by atoms with Crippen LogP contribution in [0.3, 0.4) is 0 Å². The number of hydrogen-bond donors (Lipinski definition) is 0. The molecule has 0 unspecified atom stereocenters. The summed E-state index contributed by atoms with van der Waals surface area (Å²) in [5, 5.41) is 0. The minimum absolute atomic E-state index is 0.109. The fourth-order valence-corrected chi connectivity index (χ4v) is 2.99. The summed E-state index contributed by atoms with van der Waals surface area (Å²) in [5.74, 6) is 1.01. The van der Waals surface area contributed by atoms with E-state index in [0.717, 1.165) is 43.2 Å². The van der Waals surface area contributed by atoms with Crippen molar-refractivity contribution in [1.82, 2.24) is 4.90 Å². The van der Waals surface area contributed by atoms with E-state index in [0.29, 0.717) is 0 Å². The first-order valence-corrected chi connectivity index (χ1v) is 7.49. The third-order valence-corrected chi connectivity index (χ3v) is 4.21. The van der Waals surface area contributed by atoms with Crippen molar-refractivity contribution in [3.05, 3.63) is 23.8 Å². The van der Waals surface area contributed by atoms with Crippen molar-refractivity contribution >= 4 is 11.5 Å². The van der Waals surface area contributed by atoms with Crippen LogP contribution >= 0.6 is 0 Å². The number of hydrogen-bond acceptors (Lipinski definition) is 4. The van der Waals surface area contributed by atoms with Gasteiger partial charge in [0.1, 0.15) is 12.4 Å². The van der Waals surface area contributed by atoms with Gasteiger partial charge in [-0.25, -0.2) is 0 Å². The summed E-state index contributed by atoms with van der Waals surface area (Å²) in [7, 11) is 0. The fourth-order valence-electron chi connectivity index (χ4n) is 2.99. The Bertz CT molecular complexity index is 495. The quantitative estimate of drug-likeness (QED) is 0.788. The van der Waals surface area contributed by atoms with Crippen LogP contribution in [0.1, 0.15) is 30.1 Å². The minimum atomic E-state index is 0.109. The van der Waals surface area contributed by atoms with E-state index in [1.165, 1.54) is 25.9 Å². The molecule has 2 aliphatic rings. The standard InChI is InChI=1S/C16H22N2O2/c1-13(19)14-4-5-16-15(12-14)18(10-11-20-16)9-8-17-6-2-3-7-17/h4-5,12H,2-3,6-11H2,1H3. The Kier molecular flexibility index (Phi) is 3.92. The van der Waals surface area contributed by atoms with Crippen LogP contribution in [0.4, 0.5) is 5.69 Å². The van der Waals surface area contributed by atoms with Crippen molar-refractivity contribution in [3.8, 4) is 5.75 Å². The molecular weight excluding hydrogens is 252 g/mol. The van der Waals surface area contributed by atoms with Crippen LogP contribution in [0.25, 0.3) is 0 Å². The van der Waals surface area contributed by atoms with Gasteiger partial charge in [-0.05, 0) is 51.1 Å². The zero-order chi connectivity index (χ0) is 13.9. The number of nitrogens with zero attached hydrogens (tertiary/aromatic N) is 2. The maximum Gasteiger partial charge on any atom is 0.159 e. The fraction of sp³-hybridized carbons (Fsp3) is 0.562. The second-order valence-corrected chi connectivity index (χ2v) is 5.62. The Morgan fingerprint density at radius 2 is 2.00 bits per heavy atom. The highest BCUT2D eigenvalue weighted by molar-refractivity contribution is 5.95. The number of likely N-dealkylation sites (tertiary alicyclic amines) is 1. The van der Waals surface area contributed by atoms with Gasteiger partial charge in [-0.2, -0.15) is 0 Å². The minimum Gasteiger partial charge on any atom is -0.490 e. The van der Waals surface area contributed by atoms with Gasteiger partial charge in [-0.15, -0.1) is 0 Å². The molecule has 1 aromatic carbocycles. The van der Waals surface area contributed by atoms with E-state index in [9.17, 15) is 4.79 Å². The van der Waals surface area contributed by atoms with Gasteiger partial charge in [0.05, 0.1) is 12.2 Å². The number of ether oxygens (including phenoxy) is 1. The molecular formula is C16H22N2O2. The van der Waals surface area contributed by atoms with Crippen LogP contribution < -0.4 is 9.64 Å². The summed E-state index contributed by atoms with van der Waals surface area (Å²) >= 11 is 0. The lowest BCUT2D eigenvalue weighted by atomic mass is 10.1. The average molecular weight is 274 g/mol. The molecule has 1 aromatic rings. The van der Waals surface area contributed by atoms with Crippen LogP contribution in [0.2, 0.25) is 0 Å². The van der Waals surface area contributed by atoms with E-state index in [-0.39, 0.29) is 5.78 Å². The first kappa shape index (κ1) is 13.4. The molecule has 4 nitrogen and oxygen atoms in total. The Morgan fingerprint density at radius 1 is 1.20 bits per heavy atom. The number of ketones is 1. The summed E-state index contributed by atoms with van der Waals surface area (Å²) < 4.78 is 5.69. The normalized spacial score (nSPS) is 18.8. The Morgan fingerprint density at radius 3 is 2.75 bits per heavy atom. The van der Waals surface area contributed by atoms with Gasteiger partial charge >= 0.3 is 0 Å². The van der Waals surface area contributed by atoms with Gasteiger partial charge in [0.15, 0.2) is 5.78 Å². The number of rotatable bonds is 4. The topological polar surface area (TPSA) is 32.8 Å². The van der Waals surface area contributed by atoms with E-state index in [1.807, 2.05) is 18.2 Å². The lowest BCUT2D eigenvalue weighted by molar-refractivity contribution is 0.101. The van der Waals surface area contributed by atoms with Gasteiger partial charge in [0.25, 0.3) is 0 Å². The molecule has 0 radical (unpaired) electrons.